The second-order valence-corrected chi connectivity index (χ2v) is 17.3. The van der Waals surface area contributed by atoms with Crippen LogP contribution in [0.2, 0.25) is 0 Å². The highest BCUT2D eigenvalue weighted by atomic mass is 16.5. The monoisotopic (exact) mass is 866 g/mol. The van der Waals surface area contributed by atoms with Crippen molar-refractivity contribution in [2.75, 3.05) is 41.4 Å². The topological polar surface area (TPSA) is 195 Å². The van der Waals surface area contributed by atoms with Crippen molar-refractivity contribution < 1.29 is 48.5 Å². The van der Waals surface area contributed by atoms with E-state index in [1.165, 1.54) is 14.2 Å². The fraction of sp³-hybridized carbons (Fsp3) is 0.617. The number of carbonyl (C=O) groups is 6. The summed E-state index contributed by atoms with van der Waals surface area (Å²) in [5.41, 5.74) is 1.92. The third-order valence-electron chi connectivity index (χ3n) is 12.2. The van der Waals surface area contributed by atoms with Crippen molar-refractivity contribution in [3.8, 4) is 0 Å². The first-order valence-electron chi connectivity index (χ1n) is 21.9. The molecule has 0 radical (unpaired) electrons. The Bertz CT molecular complexity index is 1770. The maximum Gasteiger partial charge on any atom is 0.335 e. The number of carbonyl (C=O) groups excluding carboxylic acids is 4. The average Bonchev–Trinajstić information content (AvgIpc) is 3.72. The lowest BCUT2D eigenvalue weighted by Crippen LogP contribution is -2.59. The summed E-state index contributed by atoms with van der Waals surface area (Å²) >= 11 is 0. The summed E-state index contributed by atoms with van der Waals surface area (Å²) in [6, 6.07) is 12.2. The number of hydrogen-bond acceptors (Lipinski definition) is 9. The number of likely N-dealkylation sites (tertiary alicyclic amines) is 1. The number of methoxy groups -OCH3 is 2. The maximum absolute atomic E-state index is 14.4. The van der Waals surface area contributed by atoms with Crippen molar-refractivity contribution in [2.45, 2.75) is 129 Å². The van der Waals surface area contributed by atoms with Crippen molar-refractivity contribution in [2.24, 2.45) is 17.8 Å². The number of carboxylic acid groups (broad SMARTS) is 2. The van der Waals surface area contributed by atoms with Crippen LogP contribution in [0.3, 0.4) is 0 Å². The van der Waals surface area contributed by atoms with E-state index >= 15 is 0 Å². The molecule has 2 aromatic rings. The van der Waals surface area contributed by atoms with E-state index in [1.807, 2.05) is 64.8 Å². The van der Waals surface area contributed by atoms with Gasteiger partial charge in [0.1, 0.15) is 12.1 Å². The van der Waals surface area contributed by atoms with Gasteiger partial charge in [-0.25, -0.2) is 9.59 Å². The number of nitrogens with one attached hydrogen (secondary N) is 2. The van der Waals surface area contributed by atoms with Crippen LogP contribution >= 0.6 is 0 Å². The third kappa shape index (κ3) is 14.1. The van der Waals surface area contributed by atoms with E-state index in [2.05, 4.69) is 10.6 Å². The van der Waals surface area contributed by atoms with E-state index in [-0.39, 0.29) is 48.0 Å². The van der Waals surface area contributed by atoms with Gasteiger partial charge in [-0.05, 0) is 67.8 Å². The summed E-state index contributed by atoms with van der Waals surface area (Å²) in [6.45, 7) is 12.3. The predicted molar refractivity (Wildman–Crippen MR) is 236 cm³/mol. The molecule has 1 unspecified atom stereocenters. The summed E-state index contributed by atoms with van der Waals surface area (Å²) in [6.07, 6.45) is 1.78. The molecule has 0 saturated carbocycles. The second kappa shape index (κ2) is 24.7. The van der Waals surface area contributed by atoms with Crippen LogP contribution in [0, 0.1) is 17.8 Å². The van der Waals surface area contributed by atoms with Gasteiger partial charge in [0.2, 0.25) is 23.6 Å². The first-order valence-corrected chi connectivity index (χ1v) is 21.9. The molecular formula is C47H71N5O10. The summed E-state index contributed by atoms with van der Waals surface area (Å²) < 4.78 is 11.9. The fourth-order valence-corrected chi connectivity index (χ4v) is 8.64. The maximum atomic E-state index is 14.4. The summed E-state index contributed by atoms with van der Waals surface area (Å²) in [4.78, 5) is 84.8. The molecule has 4 amide bonds. The van der Waals surface area contributed by atoms with Crippen LogP contribution in [0.25, 0.3) is 0 Å². The highest BCUT2D eigenvalue weighted by Crippen LogP contribution is 2.29. The molecule has 62 heavy (non-hydrogen) atoms. The van der Waals surface area contributed by atoms with Gasteiger partial charge in [0.05, 0.1) is 48.2 Å². The van der Waals surface area contributed by atoms with E-state index in [4.69, 9.17) is 9.47 Å². The normalized spacial score (nSPS) is 17.5. The van der Waals surface area contributed by atoms with Crippen molar-refractivity contribution in [1.29, 1.82) is 0 Å². The van der Waals surface area contributed by atoms with Gasteiger partial charge in [-0.15, -0.1) is 0 Å². The molecule has 15 heteroatoms. The zero-order valence-corrected chi connectivity index (χ0v) is 38.3. The molecule has 0 aliphatic carbocycles. The Kier molecular flexibility index (Phi) is 20.5. The molecule has 2 aromatic carbocycles. The zero-order chi connectivity index (χ0) is 46.3. The number of aliphatic carboxylic acids is 1. The quantitative estimate of drug-likeness (QED) is 0.110. The first kappa shape index (κ1) is 51.5. The Morgan fingerprint density at radius 1 is 0.839 bits per heavy atom. The molecule has 344 valence electrons. The minimum Gasteiger partial charge on any atom is -0.480 e. The molecular weight excluding hydrogens is 795 g/mol. The first-order chi connectivity index (χ1) is 29.4. The van der Waals surface area contributed by atoms with E-state index in [1.54, 1.807) is 60.2 Å². The van der Waals surface area contributed by atoms with Gasteiger partial charge in [0, 0.05) is 40.8 Å². The van der Waals surface area contributed by atoms with Gasteiger partial charge in [0.25, 0.3) is 0 Å². The van der Waals surface area contributed by atoms with E-state index in [0.29, 0.717) is 45.2 Å². The minimum absolute atomic E-state index is 0.0393. The lowest BCUT2D eigenvalue weighted by atomic mass is 9.93. The van der Waals surface area contributed by atoms with Crippen molar-refractivity contribution in [3.63, 3.8) is 0 Å². The van der Waals surface area contributed by atoms with Crippen LogP contribution in [0.4, 0.5) is 0 Å². The predicted octanol–water partition coefficient (Wildman–Crippen LogP) is 4.51. The number of carboxylic acids is 2. The Morgan fingerprint density at radius 3 is 2.02 bits per heavy atom. The number of hydrogen-bond donors (Lipinski definition) is 4. The SMILES string of the molecule is CCC[C@@H]([C@@H](CC(=O)N1CCC[C@H]1[C@H](OC)[C@@H](C)C(=O)N[C@@H](Cc1ccccc1)C(=O)O)OC)N(C)C(=O)[C@@H](NC(=O)C(C(C)C)N(C)CCc1ccc(C(=O)O)cc1)C(C)C. The van der Waals surface area contributed by atoms with Crippen molar-refractivity contribution in [1.82, 2.24) is 25.3 Å². The zero-order valence-electron chi connectivity index (χ0n) is 38.3. The lowest BCUT2D eigenvalue weighted by molar-refractivity contribution is -0.147. The third-order valence-corrected chi connectivity index (χ3v) is 12.2. The van der Waals surface area contributed by atoms with Crippen LogP contribution in [-0.2, 0) is 46.3 Å². The highest BCUT2D eigenvalue weighted by Gasteiger charge is 2.42. The number of nitrogens with zero attached hydrogens (tertiary/aromatic N) is 3. The Labute approximate surface area is 367 Å². The largest absolute Gasteiger partial charge is 0.480 e. The summed E-state index contributed by atoms with van der Waals surface area (Å²) in [7, 11) is 6.55. The highest BCUT2D eigenvalue weighted by molar-refractivity contribution is 5.90. The van der Waals surface area contributed by atoms with Crippen LogP contribution in [0.5, 0.6) is 0 Å². The number of ether oxygens (including phenoxy) is 2. The smallest absolute Gasteiger partial charge is 0.335 e. The number of rotatable bonds is 25. The molecule has 8 atom stereocenters. The van der Waals surface area contributed by atoms with Gasteiger partial charge < -0.3 is 40.1 Å². The van der Waals surface area contributed by atoms with Gasteiger partial charge in [-0.1, -0.05) is 90.4 Å². The summed E-state index contributed by atoms with van der Waals surface area (Å²) in [5.74, 6) is -4.53. The molecule has 1 fully saturated rings. The molecule has 15 nitrogen and oxygen atoms in total. The van der Waals surface area contributed by atoms with E-state index in [9.17, 15) is 39.0 Å². The average molecular weight is 866 g/mol. The molecule has 1 saturated heterocycles. The Balaban J connectivity index is 1.72. The lowest BCUT2D eigenvalue weighted by Gasteiger charge is -2.39. The number of aromatic carboxylic acids is 1. The van der Waals surface area contributed by atoms with Crippen molar-refractivity contribution in [3.05, 3.63) is 71.3 Å². The fourth-order valence-electron chi connectivity index (χ4n) is 8.64. The van der Waals surface area contributed by atoms with E-state index in [0.717, 1.165) is 11.1 Å². The second-order valence-electron chi connectivity index (χ2n) is 17.3. The molecule has 1 aliphatic rings. The van der Waals surface area contributed by atoms with Crippen LogP contribution in [0.15, 0.2) is 54.6 Å². The van der Waals surface area contributed by atoms with Crippen LogP contribution in [-0.4, -0.2) is 144 Å². The molecule has 4 N–H and O–H groups in total. The van der Waals surface area contributed by atoms with Crippen LogP contribution in [0.1, 0.15) is 95.1 Å². The Morgan fingerprint density at radius 2 is 1.48 bits per heavy atom. The van der Waals surface area contributed by atoms with Crippen LogP contribution < -0.4 is 10.6 Å². The van der Waals surface area contributed by atoms with Gasteiger partial charge in [0.15, 0.2) is 0 Å². The van der Waals surface area contributed by atoms with E-state index < -0.39 is 66.2 Å². The molecule has 1 heterocycles. The minimum atomic E-state index is -1.15. The van der Waals surface area contributed by atoms with Gasteiger partial charge >= 0.3 is 11.9 Å². The summed E-state index contributed by atoms with van der Waals surface area (Å²) in [5, 5.41) is 24.9. The molecule has 1 aliphatic heterocycles. The van der Waals surface area contributed by atoms with Gasteiger partial charge in [-0.3, -0.25) is 24.1 Å². The number of likely N-dealkylation sites (N-methyl/N-ethyl adjacent to an activating group) is 2. The number of amides is 4. The van der Waals surface area contributed by atoms with Gasteiger partial charge in [-0.2, -0.15) is 0 Å². The Hall–Kier alpha value is -4.86. The standard InChI is InChI=1S/C47H71N5O10/c1-11-16-36(51(8)45(56)40(29(2)3)49-44(55)41(30(4)5)50(7)26-24-32-20-22-34(23-21-32)46(57)58)38(61-9)28-39(53)52-25-15-19-37(52)42(62-10)31(6)43(54)48-35(47(59)60)27-33-17-13-12-14-18-33/h12-14,17-18,20-23,29-31,35-38,40-42H,11,15-16,19,24-28H2,1-10H3,(H,48,54)(H,49,55)(H,57,58)(H,59,60)/t31-,35+,36+,37+,38-,40+,41?,42-/m1/s1. The molecule has 0 bridgehead atoms. The molecule has 0 aromatic heterocycles. The molecule has 0 spiro atoms. The number of benzene rings is 2. The van der Waals surface area contributed by atoms with Crippen molar-refractivity contribution >= 4 is 35.6 Å². The molecule has 3 rings (SSSR count).